The average molecular weight is 332 g/mol. The molecule has 9 heteroatoms. The summed E-state index contributed by atoms with van der Waals surface area (Å²) in [7, 11) is -4.00. The molecule has 5 nitrogen and oxygen atoms in total. The molecule has 0 spiro atoms. The Morgan fingerprint density at radius 2 is 2.05 bits per heavy atom. The minimum atomic E-state index is -4.59. The van der Waals surface area contributed by atoms with Crippen LogP contribution in [-0.4, -0.2) is 24.4 Å². The normalized spacial score (nSPS) is 16.5. The summed E-state index contributed by atoms with van der Waals surface area (Å²) in [6.45, 7) is 0.179. The molecular weight excluding hydrogens is 321 g/mol. The zero-order chi connectivity index (χ0) is 16.0. The second kappa shape index (κ2) is 5.10. The maximum absolute atomic E-state index is 12.7. The van der Waals surface area contributed by atoms with E-state index in [4.69, 9.17) is 4.52 Å². The van der Waals surface area contributed by atoms with Crippen molar-refractivity contribution in [3.05, 3.63) is 47.3 Å². The van der Waals surface area contributed by atoms with Crippen LogP contribution in [0, 0.1) is 0 Å². The van der Waals surface area contributed by atoms with Gasteiger partial charge in [-0.1, -0.05) is 11.2 Å². The Hall–Kier alpha value is -1.87. The molecule has 3 rings (SSSR count). The van der Waals surface area contributed by atoms with Gasteiger partial charge < -0.3 is 4.52 Å². The average Bonchev–Trinajstić information content (AvgIpc) is 2.94. The lowest BCUT2D eigenvalue weighted by Crippen LogP contribution is -2.35. The number of halogens is 3. The maximum atomic E-state index is 12.7. The number of nitrogens with zero attached hydrogens (tertiary/aromatic N) is 2. The first-order chi connectivity index (χ1) is 10.3. The van der Waals surface area contributed by atoms with Crippen LogP contribution in [0.1, 0.15) is 16.9 Å². The van der Waals surface area contributed by atoms with Gasteiger partial charge in [-0.2, -0.15) is 17.5 Å². The highest BCUT2D eigenvalue weighted by Gasteiger charge is 2.34. The molecule has 0 saturated carbocycles. The van der Waals surface area contributed by atoms with Crippen LogP contribution in [0.5, 0.6) is 0 Å². The minimum absolute atomic E-state index is 0.0391. The molecule has 1 aromatic carbocycles. The number of aromatic nitrogens is 1. The SMILES string of the molecule is O=S(=O)(c1cccc(C(F)(F)F)c1)N1CCc2oncc2C1. The zero-order valence-corrected chi connectivity index (χ0v) is 12.0. The standard InChI is InChI=1S/C13H11F3N2O3S/c14-13(15,16)10-2-1-3-11(6-10)22(19,20)18-5-4-12-9(8-18)7-17-21-12/h1-3,6-7H,4-5,8H2. The van der Waals surface area contributed by atoms with Crippen molar-refractivity contribution < 1.29 is 26.1 Å². The lowest BCUT2D eigenvalue weighted by atomic mass is 10.1. The molecule has 0 aliphatic carbocycles. The first kappa shape index (κ1) is 15.0. The van der Waals surface area contributed by atoms with Crippen LogP contribution in [0.2, 0.25) is 0 Å². The number of fused-ring (bicyclic) bond motifs is 1. The summed E-state index contributed by atoms with van der Waals surface area (Å²) in [5.74, 6) is 0.607. The number of rotatable bonds is 2. The number of benzene rings is 1. The van der Waals surface area contributed by atoms with E-state index < -0.39 is 21.8 Å². The molecule has 2 aromatic rings. The van der Waals surface area contributed by atoms with Gasteiger partial charge >= 0.3 is 6.18 Å². The van der Waals surface area contributed by atoms with E-state index in [0.29, 0.717) is 23.8 Å². The summed E-state index contributed by atoms with van der Waals surface area (Å²) in [5.41, 5.74) is -0.363. The van der Waals surface area contributed by atoms with Gasteiger partial charge in [-0.25, -0.2) is 8.42 Å². The summed E-state index contributed by atoms with van der Waals surface area (Å²) in [4.78, 5) is -0.373. The van der Waals surface area contributed by atoms with Gasteiger partial charge in [-0.15, -0.1) is 0 Å². The molecule has 0 unspecified atom stereocenters. The summed E-state index contributed by atoms with van der Waals surface area (Å²) >= 11 is 0. The molecule has 0 radical (unpaired) electrons. The van der Waals surface area contributed by atoms with Crippen LogP contribution in [-0.2, 0) is 29.2 Å². The topological polar surface area (TPSA) is 63.4 Å². The fourth-order valence-electron chi connectivity index (χ4n) is 2.30. The van der Waals surface area contributed by atoms with Gasteiger partial charge in [0.1, 0.15) is 5.76 Å². The summed E-state index contributed by atoms with van der Waals surface area (Å²) < 4.78 is 69.3. The van der Waals surface area contributed by atoms with Crippen molar-refractivity contribution in [2.45, 2.75) is 24.0 Å². The Balaban J connectivity index is 1.94. The summed E-state index contributed by atoms with van der Waals surface area (Å²) in [6, 6.07) is 3.74. The van der Waals surface area contributed by atoms with Crippen molar-refractivity contribution in [3.63, 3.8) is 0 Å². The summed E-state index contributed by atoms with van der Waals surface area (Å²) in [5, 5.41) is 3.59. The Labute approximate surface area is 124 Å². The molecule has 0 amide bonds. The van der Waals surface area contributed by atoms with Gasteiger partial charge in [0.25, 0.3) is 0 Å². The van der Waals surface area contributed by atoms with Crippen molar-refractivity contribution in [1.82, 2.24) is 9.46 Å². The van der Waals surface area contributed by atoms with Gasteiger partial charge in [0, 0.05) is 25.1 Å². The lowest BCUT2D eigenvalue weighted by molar-refractivity contribution is -0.137. The van der Waals surface area contributed by atoms with Crippen LogP contribution < -0.4 is 0 Å². The third-order valence-electron chi connectivity index (χ3n) is 3.46. The fourth-order valence-corrected chi connectivity index (χ4v) is 3.77. The predicted molar refractivity (Wildman–Crippen MR) is 69.2 cm³/mol. The molecule has 0 bridgehead atoms. The summed E-state index contributed by atoms with van der Waals surface area (Å²) in [6.07, 6.45) is -2.83. The Bertz CT molecular complexity index is 799. The second-order valence-electron chi connectivity index (χ2n) is 4.89. The minimum Gasteiger partial charge on any atom is -0.361 e. The van der Waals surface area contributed by atoms with Gasteiger partial charge in [0.05, 0.1) is 16.7 Å². The molecule has 1 aliphatic heterocycles. The smallest absolute Gasteiger partial charge is 0.361 e. The van der Waals surface area contributed by atoms with Crippen LogP contribution in [0.15, 0.2) is 39.9 Å². The maximum Gasteiger partial charge on any atom is 0.416 e. The molecule has 2 heterocycles. The fraction of sp³-hybridized carbons (Fsp3) is 0.308. The van der Waals surface area contributed by atoms with E-state index in [1.165, 1.54) is 6.20 Å². The molecule has 1 aromatic heterocycles. The van der Waals surface area contributed by atoms with Crippen LogP contribution in [0.25, 0.3) is 0 Å². The van der Waals surface area contributed by atoms with Crippen LogP contribution >= 0.6 is 0 Å². The first-order valence-electron chi connectivity index (χ1n) is 6.38. The second-order valence-corrected chi connectivity index (χ2v) is 6.83. The van der Waals surface area contributed by atoms with E-state index in [0.717, 1.165) is 22.5 Å². The number of hydrogen-bond acceptors (Lipinski definition) is 4. The van der Waals surface area contributed by atoms with E-state index >= 15 is 0 Å². The van der Waals surface area contributed by atoms with Gasteiger partial charge in [0.15, 0.2) is 0 Å². The molecule has 1 aliphatic rings. The molecule has 0 saturated heterocycles. The van der Waals surface area contributed by atoms with E-state index in [1.54, 1.807) is 0 Å². The van der Waals surface area contributed by atoms with Gasteiger partial charge in [0.2, 0.25) is 10.0 Å². The highest BCUT2D eigenvalue weighted by Crippen LogP contribution is 2.32. The van der Waals surface area contributed by atoms with Crippen molar-refractivity contribution in [2.24, 2.45) is 0 Å². The van der Waals surface area contributed by atoms with E-state index in [-0.39, 0.29) is 18.0 Å². The van der Waals surface area contributed by atoms with Crippen molar-refractivity contribution in [1.29, 1.82) is 0 Å². The number of hydrogen-bond donors (Lipinski definition) is 0. The van der Waals surface area contributed by atoms with Crippen molar-refractivity contribution in [3.8, 4) is 0 Å². The van der Waals surface area contributed by atoms with E-state index in [9.17, 15) is 21.6 Å². The van der Waals surface area contributed by atoms with Crippen LogP contribution in [0.3, 0.4) is 0 Å². The third-order valence-corrected chi connectivity index (χ3v) is 5.30. The molecule has 0 fully saturated rings. The predicted octanol–water partition coefficient (Wildman–Crippen LogP) is 2.44. The van der Waals surface area contributed by atoms with E-state index in [2.05, 4.69) is 5.16 Å². The van der Waals surface area contributed by atoms with Crippen molar-refractivity contribution >= 4 is 10.0 Å². The highest BCUT2D eigenvalue weighted by molar-refractivity contribution is 7.89. The molecule has 0 N–H and O–H groups in total. The molecular formula is C13H11F3N2O3S. The Morgan fingerprint density at radius 1 is 1.27 bits per heavy atom. The lowest BCUT2D eigenvalue weighted by Gasteiger charge is -2.25. The Morgan fingerprint density at radius 3 is 2.77 bits per heavy atom. The zero-order valence-electron chi connectivity index (χ0n) is 11.2. The largest absolute Gasteiger partial charge is 0.416 e. The highest BCUT2D eigenvalue weighted by atomic mass is 32.2. The third kappa shape index (κ3) is 2.61. The Kier molecular flexibility index (Phi) is 3.48. The monoisotopic (exact) mass is 332 g/mol. The van der Waals surface area contributed by atoms with Crippen LogP contribution in [0.4, 0.5) is 13.2 Å². The first-order valence-corrected chi connectivity index (χ1v) is 7.82. The van der Waals surface area contributed by atoms with Gasteiger partial charge in [-0.3, -0.25) is 0 Å². The quantitative estimate of drug-likeness (QED) is 0.847. The number of sulfonamides is 1. The molecule has 22 heavy (non-hydrogen) atoms. The number of alkyl halides is 3. The van der Waals surface area contributed by atoms with Gasteiger partial charge in [-0.05, 0) is 18.2 Å². The molecule has 118 valence electrons. The van der Waals surface area contributed by atoms with Crippen molar-refractivity contribution in [2.75, 3.05) is 6.54 Å². The van der Waals surface area contributed by atoms with E-state index in [1.807, 2.05) is 0 Å². The molecule has 0 atom stereocenters.